The highest BCUT2D eigenvalue weighted by Gasteiger charge is 2.30. The lowest BCUT2D eigenvalue weighted by molar-refractivity contribution is -0.0753. The number of hydrogen-bond donors (Lipinski definition) is 2. The van der Waals surface area contributed by atoms with Crippen LogP contribution in [0.3, 0.4) is 0 Å². The molecule has 1 saturated carbocycles. The maximum Gasteiger partial charge on any atom is 0.337 e. The minimum Gasteiger partial charge on any atom is -0.492 e. The minimum absolute atomic E-state index is 0.0321. The van der Waals surface area contributed by atoms with Crippen LogP contribution in [-0.2, 0) is 11.2 Å². The van der Waals surface area contributed by atoms with Crippen LogP contribution in [0.2, 0.25) is 0 Å². The van der Waals surface area contributed by atoms with E-state index >= 15 is 0 Å². The summed E-state index contributed by atoms with van der Waals surface area (Å²) >= 11 is 1.40. The average Bonchev–Trinajstić information content (AvgIpc) is 3.52. The van der Waals surface area contributed by atoms with E-state index in [1.165, 1.54) is 17.4 Å². The van der Waals surface area contributed by atoms with Gasteiger partial charge < -0.3 is 24.4 Å². The van der Waals surface area contributed by atoms with Crippen molar-refractivity contribution in [3.05, 3.63) is 52.0 Å². The lowest BCUT2D eigenvalue weighted by atomic mass is 9.99. The number of rotatable bonds is 11. The molecule has 1 aliphatic carbocycles. The number of carboxylic acid groups (broad SMARTS) is 1. The molecule has 2 aromatic carbocycles. The molecule has 0 saturated heterocycles. The molecule has 9 heteroatoms. The number of aromatic carboxylic acids is 1. The van der Waals surface area contributed by atoms with Gasteiger partial charge in [-0.3, -0.25) is 0 Å². The van der Waals surface area contributed by atoms with Crippen LogP contribution in [-0.4, -0.2) is 46.6 Å². The zero-order valence-electron chi connectivity index (χ0n) is 20.4. The molecule has 4 rings (SSSR count). The maximum atomic E-state index is 11.6. The Bertz CT molecular complexity index is 1230. The molecule has 3 aromatic rings. The van der Waals surface area contributed by atoms with Crippen LogP contribution in [0.25, 0.3) is 10.2 Å². The van der Waals surface area contributed by atoms with E-state index in [0.717, 1.165) is 30.4 Å². The maximum absolute atomic E-state index is 11.6. The summed E-state index contributed by atoms with van der Waals surface area (Å²) in [6, 6.07) is 10.6. The van der Waals surface area contributed by atoms with Gasteiger partial charge in [0.2, 0.25) is 0 Å². The van der Waals surface area contributed by atoms with Gasteiger partial charge in [-0.15, -0.1) is 11.3 Å². The van der Waals surface area contributed by atoms with Crippen LogP contribution in [0.1, 0.15) is 72.1 Å². The first kappa shape index (κ1) is 25.9. The zero-order chi connectivity index (χ0) is 25.7. The lowest BCUT2D eigenvalue weighted by Gasteiger charge is -2.27. The summed E-state index contributed by atoms with van der Waals surface area (Å²) in [5, 5.41) is 31.4. The Morgan fingerprint density at radius 3 is 2.44 bits per heavy atom. The Kier molecular flexibility index (Phi) is 8.41. The van der Waals surface area contributed by atoms with Crippen molar-refractivity contribution in [3.8, 4) is 17.6 Å². The first-order chi connectivity index (χ1) is 17.4. The third-order valence-electron chi connectivity index (χ3n) is 6.23. The molecule has 0 bridgehead atoms. The van der Waals surface area contributed by atoms with E-state index in [-0.39, 0.29) is 17.2 Å². The van der Waals surface area contributed by atoms with Crippen LogP contribution < -0.4 is 9.47 Å². The number of benzene rings is 2. The van der Waals surface area contributed by atoms with Crippen molar-refractivity contribution in [2.75, 3.05) is 13.2 Å². The van der Waals surface area contributed by atoms with Crippen molar-refractivity contribution < 1.29 is 29.2 Å². The fourth-order valence-electron chi connectivity index (χ4n) is 4.58. The van der Waals surface area contributed by atoms with Gasteiger partial charge in [0.05, 0.1) is 46.2 Å². The summed E-state index contributed by atoms with van der Waals surface area (Å²) in [6.45, 7) is 4.38. The van der Waals surface area contributed by atoms with Crippen molar-refractivity contribution >= 4 is 27.5 Å². The number of nitriles is 1. The largest absolute Gasteiger partial charge is 0.492 e. The normalized spacial score (nSPS) is 15.5. The van der Waals surface area contributed by atoms with E-state index in [0.29, 0.717) is 47.2 Å². The first-order valence-electron chi connectivity index (χ1n) is 12.2. The number of carbonyl (C=O) groups is 1. The van der Waals surface area contributed by atoms with Gasteiger partial charge in [0, 0.05) is 6.42 Å². The second-order valence-electron chi connectivity index (χ2n) is 8.67. The first-order valence-corrected chi connectivity index (χ1v) is 13.1. The highest BCUT2D eigenvalue weighted by atomic mass is 32.1. The summed E-state index contributed by atoms with van der Waals surface area (Å²) in [5.41, 5.74) is 1.40. The molecule has 0 aliphatic heterocycles. The van der Waals surface area contributed by atoms with Crippen molar-refractivity contribution in [1.82, 2.24) is 4.98 Å². The van der Waals surface area contributed by atoms with Crippen LogP contribution in [0.15, 0.2) is 30.3 Å². The summed E-state index contributed by atoms with van der Waals surface area (Å²) in [5.74, 6) is -0.322. The van der Waals surface area contributed by atoms with Crippen molar-refractivity contribution in [1.29, 1.82) is 5.26 Å². The number of thiazole rings is 1. The molecule has 1 heterocycles. The average molecular weight is 511 g/mol. The summed E-state index contributed by atoms with van der Waals surface area (Å²) in [7, 11) is 0. The Morgan fingerprint density at radius 1 is 1.19 bits per heavy atom. The van der Waals surface area contributed by atoms with E-state index in [1.807, 2.05) is 19.9 Å². The fourth-order valence-corrected chi connectivity index (χ4v) is 5.61. The topological polar surface area (TPSA) is 122 Å². The number of aromatic nitrogens is 1. The molecule has 0 spiro atoms. The molecule has 2 N–H and O–H groups in total. The van der Waals surface area contributed by atoms with Gasteiger partial charge in [-0.05, 0) is 56.5 Å². The van der Waals surface area contributed by atoms with E-state index in [1.54, 1.807) is 18.2 Å². The second-order valence-corrected chi connectivity index (χ2v) is 9.78. The number of hydrogen-bond acceptors (Lipinski definition) is 8. The molecule has 8 nitrogen and oxygen atoms in total. The summed E-state index contributed by atoms with van der Waals surface area (Å²) < 4.78 is 18.6. The fraction of sp³-hybridized carbons (Fsp3) is 0.444. The number of carboxylic acids is 1. The molecule has 1 aromatic heterocycles. The lowest BCUT2D eigenvalue weighted by Crippen LogP contribution is -2.29. The Labute approximate surface area is 214 Å². The van der Waals surface area contributed by atoms with Crippen LogP contribution >= 0.6 is 11.3 Å². The van der Waals surface area contributed by atoms with Gasteiger partial charge >= 0.3 is 5.97 Å². The van der Waals surface area contributed by atoms with Crippen LogP contribution in [0.5, 0.6) is 11.5 Å². The van der Waals surface area contributed by atoms with Gasteiger partial charge in [-0.25, -0.2) is 9.78 Å². The monoisotopic (exact) mass is 510 g/mol. The summed E-state index contributed by atoms with van der Waals surface area (Å²) in [4.78, 5) is 16.2. The third kappa shape index (κ3) is 5.62. The molecule has 0 radical (unpaired) electrons. The predicted molar refractivity (Wildman–Crippen MR) is 136 cm³/mol. The van der Waals surface area contributed by atoms with Gasteiger partial charge in [0.15, 0.2) is 0 Å². The molecule has 2 atom stereocenters. The highest BCUT2D eigenvalue weighted by Crippen LogP contribution is 2.37. The minimum atomic E-state index is -1.04. The van der Waals surface area contributed by atoms with E-state index in [2.05, 4.69) is 11.1 Å². The Hall–Kier alpha value is -3.19. The van der Waals surface area contributed by atoms with Gasteiger partial charge in [-0.2, -0.15) is 5.26 Å². The molecule has 0 amide bonds. The smallest absolute Gasteiger partial charge is 0.337 e. The Morgan fingerprint density at radius 2 is 1.86 bits per heavy atom. The highest BCUT2D eigenvalue weighted by molar-refractivity contribution is 7.18. The number of para-hydroxylation sites is 1. The number of nitrogens with zero attached hydrogens (tertiary/aromatic N) is 2. The SMILES string of the molecule is CCOc1cc([C@@H](O)[C@H](Cc2nc3c(C(=O)O)cccc3s2)OC2CCCC2)cc(OCC)c1C#N. The van der Waals surface area contributed by atoms with Gasteiger partial charge in [0.1, 0.15) is 29.2 Å². The van der Waals surface area contributed by atoms with Gasteiger partial charge in [-0.1, -0.05) is 18.9 Å². The second kappa shape index (κ2) is 11.7. The molecule has 1 fully saturated rings. The number of aliphatic hydroxyl groups excluding tert-OH is 1. The molecular weight excluding hydrogens is 480 g/mol. The number of ether oxygens (including phenoxy) is 3. The van der Waals surface area contributed by atoms with E-state index in [9.17, 15) is 20.3 Å². The van der Waals surface area contributed by atoms with Crippen molar-refractivity contribution in [3.63, 3.8) is 0 Å². The zero-order valence-corrected chi connectivity index (χ0v) is 21.2. The summed E-state index contributed by atoms with van der Waals surface area (Å²) in [6.07, 6.45) is 2.69. The van der Waals surface area contributed by atoms with Crippen LogP contribution in [0, 0.1) is 11.3 Å². The quantitative estimate of drug-likeness (QED) is 0.358. The Balaban J connectivity index is 1.70. The molecule has 36 heavy (non-hydrogen) atoms. The van der Waals surface area contributed by atoms with Gasteiger partial charge in [0.25, 0.3) is 0 Å². The number of aliphatic hydroxyl groups is 1. The van der Waals surface area contributed by atoms with Crippen molar-refractivity contribution in [2.45, 2.75) is 64.3 Å². The molecule has 1 aliphatic rings. The third-order valence-corrected chi connectivity index (χ3v) is 7.28. The van der Waals surface area contributed by atoms with Crippen molar-refractivity contribution in [2.24, 2.45) is 0 Å². The van der Waals surface area contributed by atoms with Crippen LogP contribution in [0.4, 0.5) is 0 Å². The predicted octanol–water partition coefficient (Wildman–Crippen LogP) is 5.27. The molecule has 0 unspecified atom stereocenters. The van der Waals surface area contributed by atoms with E-state index in [4.69, 9.17) is 14.2 Å². The number of fused-ring (bicyclic) bond motifs is 1. The molecule has 190 valence electrons. The molecular formula is C27H30N2O6S. The standard InChI is InChI=1S/C27H30N2O6S/c1-3-33-20-12-16(13-21(34-4-2)19(20)15-28)26(30)22(35-17-8-5-6-9-17)14-24-29-25-18(27(31)32)10-7-11-23(25)36-24/h7,10-13,17,22,26,30H,3-6,8-9,14H2,1-2H3,(H,31,32)/t22-,26+/m0/s1. The van der Waals surface area contributed by atoms with E-state index < -0.39 is 18.2 Å².